The third-order valence-corrected chi connectivity index (χ3v) is 3.44. The van der Waals surface area contributed by atoms with Gasteiger partial charge in [0.1, 0.15) is 11.5 Å². The van der Waals surface area contributed by atoms with Crippen LogP contribution in [0.1, 0.15) is 11.1 Å². The first-order valence-electron chi connectivity index (χ1n) is 7.33. The molecule has 2 N–H and O–H groups in total. The Labute approximate surface area is 140 Å². The Hall–Kier alpha value is -3.02. The zero-order valence-corrected chi connectivity index (χ0v) is 13.5. The molecule has 0 aliphatic heterocycles. The predicted octanol–water partition coefficient (Wildman–Crippen LogP) is 2.51. The van der Waals surface area contributed by atoms with Crippen LogP contribution >= 0.6 is 0 Å². The van der Waals surface area contributed by atoms with Gasteiger partial charge in [0.05, 0.1) is 27.1 Å². The topological polar surface area (TPSA) is 84.9 Å². The first kappa shape index (κ1) is 17.3. The van der Waals surface area contributed by atoms with Gasteiger partial charge in [0.25, 0.3) is 0 Å². The number of aliphatic carboxylic acids is 1. The van der Waals surface area contributed by atoms with Gasteiger partial charge >= 0.3 is 5.97 Å². The first-order valence-corrected chi connectivity index (χ1v) is 7.33. The minimum atomic E-state index is -0.890. The van der Waals surface area contributed by atoms with Gasteiger partial charge in [-0.05, 0) is 23.8 Å². The molecule has 0 spiro atoms. The summed E-state index contributed by atoms with van der Waals surface area (Å²) in [4.78, 5) is 22.8. The van der Waals surface area contributed by atoms with Gasteiger partial charge < -0.3 is 19.9 Å². The van der Waals surface area contributed by atoms with Crippen LogP contribution in [0.25, 0.3) is 0 Å². The van der Waals surface area contributed by atoms with Crippen molar-refractivity contribution >= 4 is 17.6 Å². The van der Waals surface area contributed by atoms with Crippen LogP contribution in [0, 0.1) is 0 Å². The molecule has 1 amide bonds. The Balaban J connectivity index is 2.01. The van der Waals surface area contributed by atoms with Crippen molar-refractivity contribution in [2.75, 3.05) is 19.5 Å². The van der Waals surface area contributed by atoms with E-state index < -0.39 is 5.97 Å². The molecule has 126 valence electrons. The van der Waals surface area contributed by atoms with E-state index in [1.807, 2.05) is 0 Å². The summed E-state index contributed by atoms with van der Waals surface area (Å²) >= 11 is 0. The van der Waals surface area contributed by atoms with Crippen LogP contribution in [0.15, 0.2) is 42.5 Å². The summed E-state index contributed by atoms with van der Waals surface area (Å²) in [6, 6.07) is 12.0. The smallest absolute Gasteiger partial charge is 0.307 e. The molecule has 0 saturated heterocycles. The van der Waals surface area contributed by atoms with Gasteiger partial charge in [-0.1, -0.05) is 18.2 Å². The number of carbonyl (C=O) groups is 2. The fourth-order valence-corrected chi connectivity index (χ4v) is 2.26. The number of hydrogen-bond donors (Lipinski definition) is 2. The van der Waals surface area contributed by atoms with Gasteiger partial charge in [-0.3, -0.25) is 9.59 Å². The monoisotopic (exact) mass is 329 g/mol. The molecule has 24 heavy (non-hydrogen) atoms. The average Bonchev–Trinajstić information content (AvgIpc) is 2.56. The van der Waals surface area contributed by atoms with Crippen LogP contribution in [-0.4, -0.2) is 31.2 Å². The highest BCUT2D eigenvalue weighted by Crippen LogP contribution is 2.25. The van der Waals surface area contributed by atoms with Crippen LogP contribution in [0.5, 0.6) is 11.5 Å². The lowest BCUT2D eigenvalue weighted by Crippen LogP contribution is -2.15. The summed E-state index contributed by atoms with van der Waals surface area (Å²) in [5.74, 6) is 0.161. The zero-order chi connectivity index (χ0) is 17.5. The lowest BCUT2D eigenvalue weighted by molar-refractivity contribution is -0.136. The molecule has 0 radical (unpaired) electrons. The molecular weight excluding hydrogens is 310 g/mol. The van der Waals surface area contributed by atoms with Crippen LogP contribution in [-0.2, 0) is 22.4 Å². The van der Waals surface area contributed by atoms with Crippen LogP contribution in [0.4, 0.5) is 5.69 Å². The van der Waals surface area contributed by atoms with E-state index >= 15 is 0 Å². The number of hydrogen-bond acceptors (Lipinski definition) is 4. The Morgan fingerprint density at radius 1 is 1.00 bits per heavy atom. The number of ether oxygens (including phenoxy) is 2. The van der Waals surface area contributed by atoms with E-state index in [9.17, 15) is 9.59 Å². The number of methoxy groups -OCH3 is 2. The largest absolute Gasteiger partial charge is 0.497 e. The summed E-state index contributed by atoms with van der Waals surface area (Å²) in [6.07, 6.45) is 0.112. The number of amides is 1. The maximum Gasteiger partial charge on any atom is 0.307 e. The molecule has 0 aromatic heterocycles. The second-order valence-electron chi connectivity index (χ2n) is 5.17. The molecule has 0 saturated carbocycles. The van der Waals surface area contributed by atoms with Gasteiger partial charge in [0.15, 0.2) is 0 Å². The molecule has 0 heterocycles. The average molecular weight is 329 g/mol. The minimum Gasteiger partial charge on any atom is -0.497 e. The highest BCUT2D eigenvalue weighted by atomic mass is 16.5. The number of rotatable bonds is 7. The van der Waals surface area contributed by atoms with Crippen molar-refractivity contribution < 1.29 is 24.2 Å². The SMILES string of the molecule is COc1ccc(CC(=O)Nc2ccc(CC(=O)O)cc2)c(OC)c1. The van der Waals surface area contributed by atoms with E-state index in [0.717, 1.165) is 5.56 Å². The Morgan fingerprint density at radius 3 is 2.29 bits per heavy atom. The molecular formula is C18H19NO5. The molecule has 0 aliphatic carbocycles. The third kappa shape index (κ3) is 4.74. The van der Waals surface area contributed by atoms with Crippen LogP contribution in [0.3, 0.4) is 0 Å². The van der Waals surface area contributed by atoms with E-state index in [4.69, 9.17) is 14.6 Å². The summed E-state index contributed by atoms with van der Waals surface area (Å²) in [6.45, 7) is 0. The van der Waals surface area contributed by atoms with Gasteiger partial charge in [-0.15, -0.1) is 0 Å². The summed E-state index contributed by atoms with van der Waals surface area (Å²) in [5, 5.41) is 11.5. The minimum absolute atomic E-state index is 0.0444. The maximum atomic E-state index is 12.2. The quantitative estimate of drug-likeness (QED) is 0.815. The molecule has 0 bridgehead atoms. The highest BCUT2D eigenvalue weighted by Gasteiger charge is 2.10. The number of anilines is 1. The number of carboxylic acids is 1. The molecule has 0 atom stereocenters. The lowest BCUT2D eigenvalue weighted by Gasteiger charge is -2.11. The Kier molecular flexibility index (Phi) is 5.78. The Bertz CT molecular complexity index is 725. The van der Waals surface area contributed by atoms with E-state index in [1.54, 1.807) is 49.6 Å². The van der Waals surface area contributed by atoms with Crippen LogP contribution < -0.4 is 14.8 Å². The van der Waals surface area contributed by atoms with Gasteiger partial charge in [0, 0.05) is 17.3 Å². The van der Waals surface area contributed by atoms with E-state index in [0.29, 0.717) is 22.7 Å². The number of benzene rings is 2. The summed E-state index contributed by atoms with van der Waals surface area (Å²) in [7, 11) is 3.10. The van der Waals surface area contributed by atoms with Crippen molar-refractivity contribution in [2.45, 2.75) is 12.8 Å². The van der Waals surface area contributed by atoms with E-state index in [2.05, 4.69) is 5.32 Å². The standard InChI is InChI=1S/C18H19NO5/c1-23-15-8-5-13(16(11-15)24-2)10-17(20)19-14-6-3-12(4-7-14)9-18(21)22/h3-8,11H,9-10H2,1-2H3,(H,19,20)(H,21,22). The molecule has 6 heteroatoms. The highest BCUT2D eigenvalue weighted by molar-refractivity contribution is 5.92. The number of carboxylic acid groups (broad SMARTS) is 1. The zero-order valence-electron chi connectivity index (χ0n) is 13.5. The number of nitrogens with one attached hydrogen (secondary N) is 1. The molecule has 0 fully saturated rings. The van der Waals surface area contributed by atoms with Gasteiger partial charge in [-0.25, -0.2) is 0 Å². The molecule has 2 aromatic rings. The fraction of sp³-hybridized carbons (Fsp3) is 0.222. The Morgan fingerprint density at radius 2 is 1.71 bits per heavy atom. The second kappa shape index (κ2) is 8.01. The van der Waals surface area contributed by atoms with Crippen molar-refractivity contribution in [3.63, 3.8) is 0 Å². The van der Waals surface area contributed by atoms with Crippen LogP contribution in [0.2, 0.25) is 0 Å². The van der Waals surface area contributed by atoms with Gasteiger partial charge in [-0.2, -0.15) is 0 Å². The molecule has 6 nitrogen and oxygen atoms in total. The summed E-state index contributed by atoms with van der Waals surface area (Å²) in [5.41, 5.74) is 2.04. The molecule has 2 rings (SSSR count). The van der Waals surface area contributed by atoms with Crippen molar-refractivity contribution in [2.24, 2.45) is 0 Å². The first-order chi connectivity index (χ1) is 11.5. The maximum absolute atomic E-state index is 12.2. The van der Waals surface area contributed by atoms with Crippen molar-refractivity contribution in [3.05, 3.63) is 53.6 Å². The van der Waals surface area contributed by atoms with E-state index in [-0.39, 0.29) is 18.7 Å². The van der Waals surface area contributed by atoms with Crippen molar-refractivity contribution in [3.8, 4) is 11.5 Å². The summed E-state index contributed by atoms with van der Waals surface area (Å²) < 4.78 is 10.4. The van der Waals surface area contributed by atoms with E-state index in [1.165, 1.54) is 7.11 Å². The lowest BCUT2D eigenvalue weighted by atomic mass is 10.1. The second-order valence-corrected chi connectivity index (χ2v) is 5.17. The van der Waals surface area contributed by atoms with Crippen molar-refractivity contribution in [1.82, 2.24) is 0 Å². The predicted molar refractivity (Wildman–Crippen MR) is 89.7 cm³/mol. The normalized spacial score (nSPS) is 10.1. The fourth-order valence-electron chi connectivity index (χ4n) is 2.26. The molecule has 0 unspecified atom stereocenters. The number of carbonyl (C=O) groups excluding carboxylic acids is 1. The molecule has 2 aromatic carbocycles. The third-order valence-electron chi connectivity index (χ3n) is 3.44. The molecule has 0 aliphatic rings. The van der Waals surface area contributed by atoms with Crippen molar-refractivity contribution in [1.29, 1.82) is 0 Å². The van der Waals surface area contributed by atoms with Gasteiger partial charge in [0.2, 0.25) is 5.91 Å².